The summed E-state index contributed by atoms with van der Waals surface area (Å²) in [5.74, 6) is 0.227. The van der Waals surface area contributed by atoms with Crippen LogP contribution in [0.25, 0.3) is 11.1 Å². The number of hydrogen-bond donors (Lipinski definition) is 3. The summed E-state index contributed by atoms with van der Waals surface area (Å²) in [5.41, 5.74) is 4.49. The number of amides is 1. The van der Waals surface area contributed by atoms with Gasteiger partial charge in [0.05, 0.1) is 13.2 Å². The molecule has 39 heavy (non-hydrogen) atoms. The average Bonchev–Trinajstić information content (AvgIpc) is 3.29. The summed E-state index contributed by atoms with van der Waals surface area (Å²) in [6.45, 7) is 3.61. The number of carboxylic acids is 1. The fraction of sp³-hybridized carbons (Fsp3) is 0.379. The molecular weight excluding hydrogens is 498 g/mol. The molecule has 1 fully saturated rings. The smallest absolute Gasteiger partial charge is 0.407 e. The van der Waals surface area contributed by atoms with Crippen LogP contribution in [-0.2, 0) is 14.3 Å². The van der Waals surface area contributed by atoms with Crippen LogP contribution in [-0.4, -0.2) is 72.6 Å². The number of benzene rings is 2. The van der Waals surface area contributed by atoms with Crippen molar-refractivity contribution in [1.29, 1.82) is 0 Å². The van der Waals surface area contributed by atoms with E-state index in [1.807, 2.05) is 42.5 Å². The predicted molar refractivity (Wildman–Crippen MR) is 147 cm³/mol. The van der Waals surface area contributed by atoms with Crippen LogP contribution in [0.1, 0.15) is 36.3 Å². The van der Waals surface area contributed by atoms with E-state index in [4.69, 9.17) is 9.47 Å². The maximum Gasteiger partial charge on any atom is 0.407 e. The van der Waals surface area contributed by atoms with Crippen molar-refractivity contribution in [1.82, 2.24) is 15.3 Å². The lowest BCUT2D eigenvalue weighted by Crippen LogP contribution is -2.41. The lowest BCUT2D eigenvalue weighted by atomic mass is 9.98. The molecule has 2 aliphatic rings. The number of unbranched alkanes of at least 4 members (excludes halogenated alkanes) is 1. The number of nitrogens with zero attached hydrogens (tertiary/aromatic N) is 3. The van der Waals surface area contributed by atoms with Gasteiger partial charge in [0.1, 0.15) is 18.5 Å². The molecule has 0 unspecified atom stereocenters. The van der Waals surface area contributed by atoms with Gasteiger partial charge in [-0.2, -0.15) is 4.98 Å². The van der Waals surface area contributed by atoms with Crippen LogP contribution in [0.2, 0.25) is 0 Å². The van der Waals surface area contributed by atoms with E-state index in [-0.39, 0.29) is 12.5 Å². The van der Waals surface area contributed by atoms with E-state index in [9.17, 15) is 14.7 Å². The van der Waals surface area contributed by atoms with E-state index in [2.05, 4.69) is 37.6 Å². The summed E-state index contributed by atoms with van der Waals surface area (Å²) >= 11 is 0. The Morgan fingerprint density at radius 1 is 1.03 bits per heavy atom. The summed E-state index contributed by atoms with van der Waals surface area (Å²) in [4.78, 5) is 35.3. The second kappa shape index (κ2) is 12.6. The molecule has 10 nitrogen and oxygen atoms in total. The van der Waals surface area contributed by atoms with Crippen LogP contribution in [0.3, 0.4) is 0 Å². The molecule has 3 N–H and O–H groups in total. The van der Waals surface area contributed by atoms with Crippen LogP contribution < -0.4 is 15.5 Å². The molecule has 3 aromatic rings. The molecule has 1 amide bonds. The maximum atomic E-state index is 12.5. The minimum Gasteiger partial charge on any atom is -0.480 e. The molecule has 1 aliphatic carbocycles. The molecule has 1 aromatic heterocycles. The number of hydrogen-bond acceptors (Lipinski definition) is 8. The van der Waals surface area contributed by atoms with Crippen LogP contribution in [0.4, 0.5) is 16.6 Å². The zero-order chi connectivity index (χ0) is 27.0. The van der Waals surface area contributed by atoms with Gasteiger partial charge in [-0.3, -0.25) is 0 Å². The lowest BCUT2D eigenvalue weighted by Gasteiger charge is -2.26. The summed E-state index contributed by atoms with van der Waals surface area (Å²) < 4.78 is 10.9. The van der Waals surface area contributed by atoms with Gasteiger partial charge < -0.3 is 30.1 Å². The molecule has 2 aromatic carbocycles. The quantitative estimate of drug-likeness (QED) is 0.316. The number of carboxylic acid groups (broad SMARTS) is 1. The van der Waals surface area contributed by atoms with Gasteiger partial charge in [-0.15, -0.1) is 0 Å². The Morgan fingerprint density at radius 3 is 2.41 bits per heavy atom. The number of morpholine rings is 1. The molecule has 1 aliphatic heterocycles. The van der Waals surface area contributed by atoms with E-state index in [0.717, 1.165) is 41.2 Å². The van der Waals surface area contributed by atoms with Crippen molar-refractivity contribution < 1.29 is 24.2 Å². The molecule has 2 heterocycles. The third kappa shape index (κ3) is 6.46. The second-order valence-electron chi connectivity index (χ2n) is 9.62. The maximum absolute atomic E-state index is 12.5. The first-order valence-electron chi connectivity index (χ1n) is 13.3. The van der Waals surface area contributed by atoms with Crippen molar-refractivity contribution in [2.24, 2.45) is 0 Å². The summed E-state index contributed by atoms with van der Waals surface area (Å²) in [5, 5.41) is 15.4. The Balaban J connectivity index is 1.06. The number of aliphatic carboxylic acids is 1. The molecule has 0 bridgehead atoms. The highest BCUT2D eigenvalue weighted by Crippen LogP contribution is 2.44. The normalized spacial score (nSPS) is 15.2. The van der Waals surface area contributed by atoms with E-state index in [1.165, 1.54) is 0 Å². The second-order valence-corrected chi connectivity index (χ2v) is 9.62. The van der Waals surface area contributed by atoms with Gasteiger partial charge in [-0.1, -0.05) is 48.5 Å². The zero-order valence-electron chi connectivity index (χ0n) is 21.7. The van der Waals surface area contributed by atoms with Crippen molar-refractivity contribution in [3.63, 3.8) is 0 Å². The van der Waals surface area contributed by atoms with Gasteiger partial charge in [-0.25, -0.2) is 14.6 Å². The third-order valence-corrected chi connectivity index (χ3v) is 7.10. The number of anilines is 2. The highest BCUT2D eigenvalue weighted by atomic mass is 16.5. The Labute approximate surface area is 227 Å². The Kier molecular flexibility index (Phi) is 8.52. The number of rotatable bonds is 11. The monoisotopic (exact) mass is 531 g/mol. The Morgan fingerprint density at radius 2 is 1.72 bits per heavy atom. The molecule has 0 radical (unpaired) electrons. The molecule has 1 saturated heterocycles. The largest absolute Gasteiger partial charge is 0.480 e. The fourth-order valence-corrected chi connectivity index (χ4v) is 5.09. The molecule has 0 spiro atoms. The number of nitrogens with one attached hydrogen (secondary N) is 2. The summed E-state index contributed by atoms with van der Waals surface area (Å²) in [7, 11) is 0. The minimum absolute atomic E-state index is 0.0805. The minimum atomic E-state index is -1.08. The Hall–Kier alpha value is -4.18. The van der Waals surface area contributed by atoms with Gasteiger partial charge in [0.2, 0.25) is 5.95 Å². The highest BCUT2D eigenvalue weighted by Gasteiger charge is 2.29. The van der Waals surface area contributed by atoms with Crippen molar-refractivity contribution in [2.45, 2.75) is 31.2 Å². The van der Waals surface area contributed by atoms with Crippen LogP contribution in [0.5, 0.6) is 0 Å². The first-order valence-corrected chi connectivity index (χ1v) is 13.3. The molecule has 0 saturated carbocycles. The van der Waals surface area contributed by atoms with E-state index in [0.29, 0.717) is 45.0 Å². The first kappa shape index (κ1) is 26.4. The number of carbonyl (C=O) groups is 2. The molecular formula is C29H33N5O5. The number of aromatic nitrogens is 2. The van der Waals surface area contributed by atoms with Crippen molar-refractivity contribution in [3.8, 4) is 11.1 Å². The van der Waals surface area contributed by atoms with Crippen molar-refractivity contribution in [3.05, 3.63) is 71.9 Å². The number of carbonyl (C=O) groups excluding carboxylic acids is 1. The zero-order valence-corrected chi connectivity index (χ0v) is 21.7. The van der Waals surface area contributed by atoms with Crippen molar-refractivity contribution >= 4 is 23.8 Å². The van der Waals surface area contributed by atoms with Gasteiger partial charge >= 0.3 is 12.1 Å². The molecule has 5 rings (SSSR count). The van der Waals surface area contributed by atoms with E-state index >= 15 is 0 Å². The Bertz CT molecular complexity index is 1250. The molecule has 1 atom stereocenters. The SMILES string of the molecule is O=C(N[C@@H](CCCCNc1ccnc(N2CCOCC2)n1)C(=O)O)OCC1c2ccccc2-c2ccccc21. The predicted octanol–water partition coefficient (Wildman–Crippen LogP) is 3.89. The number of alkyl carbamates (subject to hydrolysis) is 1. The van der Waals surface area contributed by atoms with Gasteiger partial charge in [-0.05, 0) is 47.6 Å². The van der Waals surface area contributed by atoms with E-state index in [1.54, 1.807) is 6.20 Å². The van der Waals surface area contributed by atoms with Crippen LogP contribution in [0.15, 0.2) is 60.8 Å². The third-order valence-electron chi connectivity index (χ3n) is 7.10. The summed E-state index contributed by atoms with van der Waals surface area (Å²) in [6.07, 6.45) is 2.62. The number of fused-ring (bicyclic) bond motifs is 3. The van der Waals surface area contributed by atoms with Crippen LogP contribution in [0, 0.1) is 0 Å². The van der Waals surface area contributed by atoms with Gasteiger partial charge in [0.15, 0.2) is 0 Å². The standard InChI is InChI=1S/C29H33N5O5/c35-27(36)25(11-5-6-13-30-26-12-14-31-28(33-26)34-15-17-38-18-16-34)32-29(37)39-19-24-22-9-3-1-7-20(22)21-8-2-4-10-23(21)24/h1-4,7-10,12,14,24-25H,5-6,11,13,15-19H2,(H,32,37)(H,35,36)(H,30,31,33)/t25-/m0/s1. The fourth-order valence-electron chi connectivity index (χ4n) is 5.09. The van der Waals surface area contributed by atoms with Crippen LogP contribution >= 0.6 is 0 Å². The topological polar surface area (TPSA) is 126 Å². The summed E-state index contributed by atoms with van der Waals surface area (Å²) in [6, 6.07) is 16.9. The molecule has 204 valence electrons. The highest BCUT2D eigenvalue weighted by molar-refractivity contribution is 5.81. The lowest BCUT2D eigenvalue weighted by molar-refractivity contribution is -0.139. The average molecular weight is 532 g/mol. The first-order chi connectivity index (χ1) is 19.1. The van der Waals surface area contributed by atoms with Gasteiger partial charge in [0.25, 0.3) is 0 Å². The van der Waals surface area contributed by atoms with Crippen molar-refractivity contribution in [2.75, 3.05) is 49.7 Å². The van der Waals surface area contributed by atoms with E-state index < -0.39 is 18.1 Å². The van der Waals surface area contributed by atoms with Gasteiger partial charge in [0, 0.05) is 31.7 Å². The number of ether oxygens (including phenoxy) is 2. The molecule has 10 heteroatoms.